The summed E-state index contributed by atoms with van der Waals surface area (Å²) in [5, 5.41) is 12.9. The maximum absolute atomic E-state index is 12.7. The minimum atomic E-state index is -0.0948. The van der Waals surface area contributed by atoms with E-state index in [1.165, 1.54) is 0 Å². The van der Waals surface area contributed by atoms with E-state index in [9.17, 15) is 9.90 Å². The Hall–Kier alpha value is -2.25. The van der Waals surface area contributed by atoms with Gasteiger partial charge < -0.3 is 25.0 Å². The van der Waals surface area contributed by atoms with Gasteiger partial charge in [-0.25, -0.2) is 0 Å². The number of amides is 1. The van der Waals surface area contributed by atoms with Crippen molar-refractivity contribution in [3.63, 3.8) is 0 Å². The van der Waals surface area contributed by atoms with E-state index in [1.807, 2.05) is 57.5 Å². The van der Waals surface area contributed by atoms with Crippen LogP contribution in [0.3, 0.4) is 0 Å². The lowest BCUT2D eigenvalue weighted by molar-refractivity contribution is 0.0766. The van der Waals surface area contributed by atoms with Crippen molar-refractivity contribution in [2.75, 3.05) is 41.3 Å². The van der Waals surface area contributed by atoms with Crippen LogP contribution in [-0.4, -0.2) is 74.3 Å². The molecular weight excluding hydrogens is 366 g/mol. The third-order valence-corrected chi connectivity index (χ3v) is 5.36. The molecule has 29 heavy (non-hydrogen) atoms. The van der Waals surface area contributed by atoms with Gasteiger partial charge in [-0.1, -0.05) is 30.3 Å². The summed E-state index contributed by atoms with van der Waals surface area (Å²) in [6, 6.07) is 13.7. The first-order chi connectivity index (χ1) is 13.9. The molecule has 1 amide bonds. The normalized spacial score (nSPS) is 19.7. The van der Waals surface area contributed by atoms with Crippen LogP contribution in [0.4, 0.5) is 0 Å². The second-order valence-electron chi connectivity index (χ2n) is 8.04. The molecule has 0 aliphatic carbocycles. The Morgan fingerprint density at radius 3 is 2.55 bits per heavy atom. The van der Waals surface area contributed by atoms with Gasteiger partial charge in [-0.2, -0.15) is 0 Å². The summed E-state index contributed by atoms with van der Waals surface area (Å²) in [6.45, 7) is 2.40. The van der Waals surface area contributed by atoms with Crippen LogP contribution in [0.5, 0.6) is 0 Å². The van der Waals surface area contributed by atoms with E-state index < -0.39 is 0 Å². The van der Waals surface area contributed by atoms with Crippen LogP contribution in [0, 0.1) is 0 Å². The number of carbonyl (C=O) groups is 1. The number of ether oxygens (including phenoxy) is 1. The molecule has 0 unspecified atom stereocenters. The maximum Gasteiger partial charge on any atom is 0.251 e. The highest BCUT2D eigenvalue weighted by atomic mass is 16.5. The quantitative estimate of drug-likeness (QED) is 0.748. The van der Waals surface area contributed by atoms with Gasteiger partial charge in [0.1, 0.15) is 0 Å². The van der Waals surface area contributed by atoms with Crippen molar-refractivity contribution in [2.24, 2.45) is 0 Å². The number of nitrogens with one attached hydrogen (secondary N) is 1. The standard InChI is InChI=1S/C23H31N3O3/c1-25(2)12-16-5-10-20(19(11-16)15-27)17-6-8-18(9-7-17)23(28)24-21-13-26(3)14-22(21)29-4/h5-11,21-22,27H,12-15H2,1-4H3,(H,24,28)/t21-,22-/m0/s1. The average Bonchev–Trinajstić information content (AvgIpc) is 3.06. The third-order valence-electron chi connectivity index (χ3n) is 5.36. The number of rotatable bonds is 7. The monoisotopic (exact) mass is 397 g/mol. The first-order valence-electron chi connectivity index (χ1n) is 9.91. The highest BCUT2D eigenvalue weighted by Crippen LogP contribution is 2.26. The van der Waals surface area contributed by atoms with Crippen LogP contribution in [-0.2, 0) is 17.9 Å². The Bertz CT molecular complexity index is 836. The van der Waals surface area contributed by atoms with Gasteiger partial charge in [-0.15, -0.1) is 0 Å². The van der Waals surface area contributed by atoms with Gasteiger partial charge in [0, 0.05) is 32.3 Å². The number of likely N-dealkylation sites (N-methyl/N-ethyl adjacent to an activating group) is 1. The van der Waals surface area contributed by atoms with Crippen molar-refractivity contribution >= 4 is 5.91 Å². The third kappa shape index (κ3) is 5.22. The highest BCUT2D eigenvalue weighted by molar-refractivity contribution is 5.95. The number of hydrogen-bond acceptors (Lipinski definition) is 5. The predicted octanol–water partition coefficient (Wildman–Crippen LogP) is 1.97. The molecule has 1 aliphatic heterocycles. The molecule has 2 aromatic carbocycles. The number of carbonyl (C=O) groups excluding carboxylic acids is 1. The van der Waals surface area contributed by atoms with Gasteiger partial charge >= 0.3 is 0 Å². The first-order valence-corrected chi connectivity index (χ1v) is 9.91. The van der Waals surface area contributed by atoms with Gasteiger partial charge in [0.15, 0.2) is 0 Å². The van der Waals surface area contributed by atoms with Crippen molar-refractivity contribution in [3.05, 3.63) is 59.2 Å². The topological polar surface area (TPSA) is 65.0 Å². The molecule has 0 saturated carbocycles. The van der Waals surface area contributed by atoms with Crippen molar-refractivity contribution in [1.29, 1.82) is 0 Å². The van der Waals surface area contributed by atoms with Gasteiger partial charge in [-0.05, 0) is 55.5 Å². The highest BCUT2D eigenvalue weighted by Gasteiger charge is 2.32. The SMILES string of the molecule is CO[C@H]1CN(C)C[C@@H]1NC(=O)c1ccc(-c2ccc(CN(C)C)cc2CO)cc1. The summed E-state index contributed by atoms with van der Waals surface area (Å²) in [4.78, 5) is 16.9. The molecule has 0 spiro atoms. The molecule has 1 aliphatic rings. The lowest BCUT2D eigenvalue weighted by Crippen LogP contribution is -2.43. The van der Waals surface area contributed by atoms with Crippen LogP contribution in [0.15, 0.2) is 42.5 Å². The zero-order chi connectivity index (χ0) is 21.0. The van der Waals surface area contributed by atoms with Gasteiger partial charge in [0.05, 0.1) is 18.8 Å². The maximum atomic E-state index is 12.7. The molecule has 1 fully saturated rings. The summed E-state index contributed by atoms with van der Waals surface area (Å²) in [5.41, 5.74) is 4.63. The number of nitrogens with zero attached hydrogens (tertiary/aromatic N) is 2. The largest absolute Gasteiger partial charge is 0.392 e. The molecule has 2 aromatic rings. The fourth-order valence-electron chi connectivity index (χ4n) is 3.92. The Balaban J connectivity index is 1.74. The Morgan fingerprint density at radius 2 is 1.93 bits per heavy atom. The van der Waals surface area contributed by atoms with Crippen LogP contribution in [0.1, 0.15) is 21.5 Å². The van der Waals surface area contributed by atoms with E-state index in [0.29, 0.717) is 5.56 Å². The van der Waals surface area contributed by atoms with Crippen LogP contribution >= 0.6 is 0 Å². The fourth-order valence-corrected chi connectivity index (χ4v) is 3.92. The number of methoxy groups -OCH3 is 1. The minimum absolute atomic E-state index is 0.0102. The lowest BCUT2D eigenvalue weighted by atomic mass is 9.96. The predicted molar refractivity (Wildman–Crippen MR) is 115 cm³/mol. The first kappa shape index (κ1) is 21.5. The summed E-state index contributed by atoms with van der Waals surface area (Å²) in [6.07, 6.45) is 0.0102. The number of aliphatic hydroxyl groups is 1. The van der Waals surface area contributed by atoms with Gasteiger partial charge in [0.25, 0.3) is 5.91 Å². The second kappa shape index (κ2) is 9.50. The molecule has 0 bridgehead atoms. The van der Waals surface area contributed by atoms with Gasteiger partial charge in [0.2, 0.25) is 0 Å². The fraction of sp³-hybridized carbons (Fsp3) is 0.435. The van der Waals surface area contributed by atoms with E-state index in [-0.39, 0.29) is 24.7 Å². The molecule has 156 valence electrons. The summed E-state index contributed by atoms with van der Waals surface area (Å²) < 4.78 is 5.48. The summed E-state index contributed by atoms with van der Waals surface area (Å²) >= 11 is 0. The number of likely N-dealkylation sites (tertiary alicyclic amines) is 1. The molecule has 3 rings (SSSR count). The average molecular weight is 398 g/mol. The Morgan fingerprint density at radius 1 is 1.21 bits per heavy atom. The van der Waals surface area contributed by atoms with E-state index in [2.05, 4.69) is 21.2 Å². The molecular formula is C23H31N3O3. The summed E-state index contributed by atoms with van der Waals surface area (Å²) in [7, 11) is 7.75. The molecule has 0 aromatic heterocycles. The van der Waals surface area contributed by atoms with E-state index in [4.69, 9.17) is 4.74 Å². The number of aliphatic hydroxyl groups excluding tert-OH is 1. The molecule has 6 heteroatoms. The van der Waals surface area contributed by atoms with E-state index in [0.717, 1.165) is 41.9 Å². The van der Waals surface area contributed by atoms with Crippen molar-refractivity contribution in [2.45, 2.75) is 25.3 Å². The van der Waals surface area contributed by atoms with Crippen LogP contribution in [0.2, 0.25) is 0 Å². The smallest absolute Gasteiger partial charge is 0.251 e. The molecule has 1 saturated heterocycles. The van der Waals surface area contributed by atoms with Gasteiger partial charge in [-0.3, -0.25) is 4.79 Å². The zero-order valence-electron chi connectivity index (χ0n) is 17.7. The van der Waals surface area contributed by atoms with Crippen molar-refractivity contribution in [3.8, 4) is 11.1 Å². The minimum Gasteiger partial charge on any atom is -0.392 e. The molecule has 1 heterocycles. The van der Waals surface area contributed by atoms with E-state index in [1.54, 1.807) is 7.11 Å². The molecule has 6 nitrogen and oxygen atoms in total. The van der Waals surface area contributed by atoms with Crippen molar-refractivity contribution < 1.29 is 14.6 Å². The number of benzene rings is 2. The van der Waals surface area contributed by atoms with Crippen LogP contribution in [0.25, 0.3) is 11.1 Å². The molecule has 0 radical (unpaired) electrons. The van der Waals surface area contributed by atoms with Crippen LogP contribution < -0.4 is 5.32 Å². The zero-order valence-corrected chi connectivity index (χ0v) is 17.7. The van der Waals surface area contributed by atoms with E-state index >= 15 is 0 Å². The Labute approximate surface area is 173 Å². The summed E-state index contributed by atoms with van der Waals surface area (Å²) in [5.74, 6) is -0.0948. The second-order valence-corrected chi connectivity index (χ2v) is 8.04. The Kier molecular flexibility index (Phi) is 7.03. The number of hydrogen-bond donors (Lipinski definition) is 2. The van der Waals surface area contributed by atoms with Crippen molar-refractivity contribution in [1.82, 2.24) is 15.1 Å². The molecule has 2 N–H and O–H groups in total. The molecule has 2 atom stereocenters. The lowest BCUT2D eigenvalue weighted by Gasteiger charge is -2.18.